The highest BCUT2D eigenvalue weighted by Crippen LogP contribution is 2.36. The fourth-order valence-corrected chi connectivity index (χ4v) is 3.46. The van der Waals surface area contributed by atoms with Crippen molar-refractivity contribution in [3.8, 4) is 5.75 Å². The third kappa shape index (κ3) is 2.96. The monoisotopic (exact) mass is 305 g/mol. The Balaban J connectivity index is 1.69. The first-order valence-electron chi connectivity index (χ1n) is 7.88. The predicted molar refractivity (Wildman–Crippen MR) is 81.7 cm³/mol. The SMILES string of the molecule is COc1ccc(C(O)C(=O)N2CCOC3(CCCC3)C2)cc1. The molecular weight excluding hydrogens is 282 g/mol. The Bertz CT molecular complexity index is 522. The fourth-order valence-electron chi connectivity index (χ4n) is 3.46. The Hall–Kier alpha value is -1.59. The van der Waals surface area contributed by atoms with Crippen LogP contribution in [0.2, 0.25) is 0 Å². The molecule has 1 aromatic carbocycles. The van der Waals surface area contributed by atoms with Gasteiger partial charge in [-0.15, -0.1) is 0 Å². The van der Waals surface area contributed by atoms with Gasteiger partial charge in [-0.3, -0.25) is 4.79 Å². The van der Waals surface area contributed by atoms with Gasteiger partial charge in [-0.25, -0.2) is 0 Å². The fraction of sp³-hybridized carbons (Fsp3) is 0.588. The summed E-state index contributed by atoms with van der Waals surface area (Å²) >= 11 is 0. The van der Waals surface area contributed by atoms with Crippen LogP contribution in [0.15, 0.2) is 24.3 Å². The molecule has 5 heteroatoms. The number of aliphatic hydroxyl groups is 1. The summed E-state index contributed by atoms with van der Waals surface area (Å²) in [5.41, 5.74) is 0.422. The lowest BCUT2D eigenvalue weighted by molar-refractivity contribution is -0.158. The largest absolute Gasteiger partial charge is 0.497 e. The van der Waals surface area contributed by atoms with Crippen LogP contribution in [-0.4, -0.2) is 48.3 Å². The highest BCUT2D eigenvalue weighted by Gasteiger charge is 2.41. The number of carbonyl (C=O) groups excluding carboxylic acids is 1. The molecule has 0 radical (unpaired) electrons. The van der Waals surface area contributed by atoms with Gasteiger partial charge in [0.15, 0.2) is 6.10 Å². The van der Waals surface area contributed by atoms with E-state index in [0.29, 0.717) is 31.0 Å². The Morgan fingerprint density at radius 3 is 2.64 bits per heavy atom. The van der Waals surface area contributed by atoms with E-state index in [1.807, 2.05) is 0 Å². The molecule has 1 unspecified atom stereocenters. The van der Waals surface area contributed by atoms with E-state index in [-0.39, 0.29) is 11.5 Å². The zero-order valence-electron chi connectivity index (χ0n) is 13.0. The van der Waals surface area contributed by atoms with E-state index >= 15 is 0 Å². The van der Waals surface area contributed by atoms with E-state index in [9.17, 15) is 9.90 Å². The van der Waals surface area contributed by atoms with Gasteiger partial charge in [0.25, 0.3) is 5.91 Å². The number of hydrogen-bond donors (Lipinski definition) is 1. The summed E-state index contributed by atoms with van der Waals surface area (Å²) in [7, 11) is 1.59. The van der Waals surface area contributed by atoms with Gasteiger partial charge in [-0.1, -0.05) is 25.0 Å². The molecule has 1 heterocycles. The molecule has 3 rings (SSSR count). The van der Waals surface area contributed by atoms with Gasteiger partial charge in [0.2, 0.25) is 0 Å². The molecule has 1 aliphatic carbocycles. The average Bonchev–Trinajstić information content (AvgIpc) is 3.01. The molecule has 1 atom stereocenters. The number of rotatable bonds is 3. The first kappa shape index (κ1) is 15.3. The maximum absolute atomic E-state index is 12.6. The molecule has 5 nitrogen and oxygen atoms in total. The maximum atomic E-state index is 12.6. The molecule has 1 saturated carbocycles. The Kier molecular flexibility index (Phi) is 4.36. The third-order valence-electron chi connectivity index (χ3n) is 4.74. The molecule has 1 aromatic rings. The van der Waals surface area contributed by atoms with Crippen molar-refractivity contribution in [3.05, 3.63) is 29.8 Å². The topological polar surface area (TPSA) is 59.0 Å². The molecule has 2 aliphatic rings. The number of methoxy groups -OCH3 is 1. The van der Waals surface area contributed by atoms with Crippen LogP contribution in [0.25, 0.3) is 0 Å². The minimum Gasteiger partial charge on any atom is -0.497 e. The van der Waals surface area contributed by atoms with Crippen molar-refractivity contribution in [2.75, 3.05) is 26.8 Å². The summed E-state index contributed by atoms with van der Waals surface area (Å²) in [6.45, 7) is 1.70. The Morgan fingerprint density at radius 1 is 1.32 bits per heavy atom. The lowest BCUT2D eigenvalue weighted by Crippen LogP contribution is -2.53. The van der Waals surface area contributed by atoms with Crippen molar-refractivity contribution in [3.63, 3.8) is 0 Å². The normalized spacial score (nSPS) is 21.8. The number of aliphatic hydroxyl groups excluding tert-OH is 1. The summed E-state index contributed by atoms with van der Waals surface area (Å²) < 4.78 is 11.0. The Morgan fingerprint density at radius 2 is 2.00 bits per heavy atom. The van der Waals surface area contributed by atoms with Crippen LogP contribution in [0.4, 0.5) is 0 Å². The summed E-state index contributed by atoms with van der Waals surface area (Å²) in [6, 6.07) is 6.97. The first-order valence-corrected chi connectivity index (χ1v) is 7.88. The van der Waals surface area contributed by atoms with Crippen LogP contribution in [0.3, 0.4) is 0 Å². The number of nitrogens with zero attached hydrogens (tertiary/aromatic N) is 1. The second-order valence-corrected chi connectivity index (χ2v) is 6.17. The van der Waals surface area contributed by atoms with Crippen LogP contribution in [0.1, 0.15) is 37.4 Å². The number of carbonyl (C=O) groups is 1. The van der Waals surface area contributed by atoms with Crippen molar-refractivity contribution >= 4 is 5.91 Å². The first-order chi connectivity index (χ1) is 10.6. The summed E-state index contributed by atoms with van der Waals surface area (Å²) in [5.74, 6) is 0.472. The van der Waals surface area contributed by atoms with E-state index in [2.05, 4.69) is 0 Å². The second kappa shape index (κ2) is 6.26. The van der Waals surface area contributed by atoms with Crippen molar-refractivity contribution in [2.45, 2.75) is 37.4 Å². The number of hydrogen-bond acceptors (Lipinski definition) is 4. The summed E-state index contributed by atoms with van der Waals surface area (Å²) in [6.07, 6.45) is 3.21. The van der Waals surface area contributed by atoms with Gasteiger partial charge in [-0.05, 0) is 30.5 Å². The minimum atomic E-state index is -1.12. The standard InChI is InChI=1S/C17H23NO4/c1-21-14-6-4-13(5-7-14)15(19)16(20)18-10-11-22-17(12-18)8-2-3-9-17/h4-7,15,19H,2-3,8-12H2,1H3. The van der Waals surface area contributed by atoms with Crippen molar-refractivity contribution in [1.29, 1.82) is 0 Å². The van der Waals surface area contributed by atoms with Gasteiger partial charge >= 0.3 is 0 Å². The molecule has 1 aliphatic heterocycles. The second-order valence-electron chi connectivity index (χ2n) is 6.17. The number of benzene rings is 1. The maximum Gasteiger partial charge on any atom is 0.256 e. The van der Waals surface area contributed by atoms with Gasteiger partial charge in [0, 0.05) is 13.1 Å². The van der Waals surface area contributed by atoms with Gasteiger partial charge in [0.1, 0.15) is 5.75 Å². The van der Waals surface area contributed by atoms with Crippen LogP contribution in [-0.2, 0) is 9.53 Å². The van der Waals surface area contributed by atoms with Gasteiger partial charge in [0.05, 0.1) is 19.3 Å². The van der Waals surface area contributed by atoms with Crippen molar-refractivity contribution in [1.82, 2.24) is 4.90 Å². The third-order valence-corrected chi connectivity index (χ3v) is 4.74. The van der Waals surface area contributed by atoms with Crippen LogP contribution >= 0.6 is 0 Å². The molecule has 0 bridgehead atoms. The number of amides is 1. The molecular formula is C17H23NO4. The van der Waals surface area contributed by atoms with Crippen LogP contribution in [0, 0.1) is 0 Å². The van der Waals surface area contributed by atoms with E-state index in [1.54, 1.807) is 36.3 Å². The minimum absolute atomic E-state index is 0.173. The zero-order valence-corrected chi connectivity index (χ0v) is 13.0. The highest BCUT2D eigenvalue weighted by atomic mass is 16.5. The average molecular weight is 305 g/mol. The molecule has 1 spiro atoms. The van der Waals surface area contributed by atoms with Crippen LogP contribution < -0.4 is 4.74 Å². The molecule has 1 saturated heterocycles. The zero-order chi connectivity index (χ0) is 15.6. The lowest BCUT2D eigenvalue weighted by atomic mass is 9.98. The molecule has 22 heavy (non-hydrogen) atoms. The summed E-state index contributed by atoms with van der Waals surface area (Å²) in [5, 5.41) is 10.4. The number of morpholine rings is 1. The smallest absolute Gasteiger partial charge is 0.256 e. The molecule has 1 N–H and O–H groups in total. The quantitative estimate of drug-likeness (QED) is 0.926. The molecule has 2 fully saturated rings. The van der Waals surface area contributed by atoms with Crippen molar-refractivity contribution < 1.29 is 19.4 Å². The lowest BCUT2D eigenvalue weighted by Gasteiger charge is -2.41. The van der Waals surface area contributed by atoms with Gasteiger partial charge in [-0.2, -0.15) is 0 Å². The number of ether oxygens (including phenoxy) is 2. The molecule has 0 aromatic heterocycles. The Labute approximate surface area is 130 Å². The van der Waals surface area contributed by atoms with Crippen LogP contribution in [0.5, 0.6) is 5.75 Å². The predicted octanol–water partition coefficient (Wildman–Crippen LogP) is 1.90. The molecule has 120 valence electrons. The van der Waals surface area contributed by atoms with E-state index in [0.717, 1.165) is 25.7 Å². The van der Waals surface area contributed by atoms with Gasteiger partial charge < -0.3 is 19.5 Å². The van der Waals surface area contributed by atoms with Crippen molar-refractivity contribution in [2.24, 2.45) is 0 Å². The highest BCUT2D eigenvalue weighted by molar-refractivity contribution is 5.82. The van der Waals surface area contributed by atoms with E-state index in [4.69, 9.17) is 9.47 Å². The van der Waals surface area contributed by atoms with E-state index in [1.165, 1.54) is 0 Å². The molecule has 1 amide bonds. The summed E-state index contributed by atoms with van der Waals surface area (Å²) in [4.78, 5) is 14.3. The van der Waals surface area contributed by atoms with E-state index < -0.39 is 6.10 Å².